The molecule has 0 radical (unpaired) electrons. The smallest absolute Gasteiger partial charge is 0.295 e. The van der Waals surface area contributed by atoms with Gasteiger partial charge in [0.05, 0.1) is 23.8 Å². The number of aryl methyl sites for hydroxylation is 1. The average Bonchev–Trinajstić information content (AvgIpc) is 3.17. The molecule has 162 valence electrons. The number of morpholine rings is 1. The van der Waals surface area contributed by atoms with Crippen LogP contribution in [0.5, 0.6) is 0 Å². The van der Waals surface area contributed by atoms with Gasteiger partial charge in [0, 0.05) is 18.8 Å². The zero-order valence-corrected chi connectivity index (χ0v) is 17.5. The molecule has 1 aromatic heterocycles. The fourth-order valence-corrected chi connectivity index (χ4v) is 4.62. The first-order valence-electron chi connectivity index (χ1n) is 9.53. The Morgan fingerprint density at radius 3 is 2.55 bits per heavy atom. The lowest BCUT2D eigenvalue weighted by Crippen LogP contribution is -2.40. The van der Waals surface area contributed by atoms with Crippen molar-refractivity contribution in [1.29, 1.82) is 0 Å². The highest BCUT2D eigenvalue weighted by atomic mass is 32.2. The summed E-state index contributed by atoms with van der Waals surface area (Å²) >= 11 is 0. The lowest BCUT2D eigenvalue weighted by molar-refractivity contribution is 0.0730. The van der Waals surface area contributed by atoms with E-state index in [-0.39, 0.29) is 29.6 Å². The number of rotatable bonds is 5. The number of halogens is 1. The van der Waals surface area contributed by atoms with E-state index in [9.17, 15) is 17.6 Å². The number of ether oxygens (including phenoxy) is 1. The molecule has 1 fully saturated rings. The first kappa shape index (κ1) is 21.1. The molecule has 0 unspecified atom stereocenters. The van der Waals surface area contributed by atoms with E-state index in [0.717, 1.165) is 0 Å². The molecule has 1 aliphatic heterocycles. The van der Waals surface area contributed by atoms with Crippen molar-refractivity contribution in [2.24, 2.45) is 0 Å². The maximum atomic E-state index is 13.2. The Kier molecular flexibility index (Phi) is 5.81. The van der Waals surface area contributed by atoms with Gasteiger partial charge in [0.15, 0.2) is 0 Å². The number of carbonyl (C=O) groups is 1. The molecule has 11 heteroatoms. The van der Waals surface area contributed by atoms with Crippen LogP contribution >= 0.6 is 0 Å². The summed E-state index contributed by atoms with van der Waals surface area (Å²) in [7, 11) is -3.69. The third-order valence-corrected chi connectivity index (χ3v) is 6.64. The molecule has 4 rings (SSSR count). The molecule has 2 heterocycles. The molecule has 1 amide bonds. The number of anilines is 1. The molecule has 1 saturated heterocycles. The fourth-order valence-electron chi connectivity index (χ4n) is 3.17. The minimum atomic E-state index is -3.69. The van der Waals surface area contributed by atoms with E-state index in [0.29, 0.717) is 30.4 Å². The Hall–Kier alpha value is -3.15. The zero-order chi connectivity index (χ0) is 22.0. The molecule has 0 bridgehead atoms. The van der Waals surface area contributed by atoms with Gasteiger partial charge >= 0.3 is 0 Å². The van der Waals surface area contributed by atoms with Crippen LogP contribution in [0.1, 0.15) is 16.4 Å². The van der Waals surface area contributed by atoms with E-state index < -0.39 is 15.9 Å². The van der Waals surface area contributed by atoms with Gasteiger partial charge in [0.25, 0.3) is 5.91 Å². The van der Waals surface area contributed by atoms with Crippen molar-refractivity contribution >= 4 is 21.6 Å². The van der Waals surface area contributed by atoms with Gasteiger partial charge < -0.3 is 10.1 Å². The van der Waals surface area contributed by atoms with Crippen molar-refractivity contribution in [3.05, 3.63) is 66.0 Å². The molecule has 0 atom stereocenters. The number of carbonyl (C=O) groups excluding carboxylic acids is 1. The van der Waals surface area contributed by atoms with Crippen LogP contribution in [-0.2, 0) is 14.8 Å². The van der Waals surface area contributed by atoms with Crippen molar-refractivity contribution in [3.8, 4) is 5.69 Å². The van der Waals surface area contributed by atoms with E-state index in [1.807, 2.05) is 0 Å². The summed E-state index contributed by atoms with van der Waals surface area (Å²) < 4.78 is 46.8. The van der Waals surface area contributed by atoms with Crippen LogP contribution in [-0.4, -0.2) is 59.7 Å². The largest absolute Gasteiger partial charge is 0.379 e. The maximum absolute atomic E-state index is 13.2. The first-order valence-corrected chi connectivity index (χ1v) is 11.0. The zero-order valence-electron chi connectivity index (χ0n) is 16.7. The number of aromatic nitrogens is 3. The highest BCUT2D eigenvalue weighted by Crippen LogP contribution is 2.21. The van der Waals surface area contributed by atoms with Crippen LogP contribution in [0.25, 0.3) is 5.69 Å². The number of nitrogens with one attached hydrogen (secondary N) is 1. The normalized spacial score (nSPS) is 15.0. The maximum Gasteiger partial charge on any atom is 0.295 e. The summed E-state index contributed by atoms with van der Waals surface area (Å²) in [5.41, 5.74) is 0.860. The number of amides is 1. The van der Waals surface area contributed by atoms with E-state index in [4.69, 9.17) is 4.74 Å². The molecular formula is C20H20FN5O4S. The highest BCUT2D eigenvalue weighted by molar-refractivity contribution is 7.89. The molecule has 1 N–H and O–H groups in total. The summed E-state index contributed by atoms with van der Waals surface area (Å²) in [5, 5.41) is 6.81. The van der Waals surface area contributed by atoms with Gasteiger partial charge in [-0.05, 0) is 49.4 Å². The second-order valence-corrected chi connectivity index (χ2v) is 8.81. The number of benzene rings is 2. The SMILES string of the molecule is Cc1nc(C(=O)Nc2cccc(S(=O)(=O)N3CCOCC3)c2)nn1-c1ccc(F)cc1. The van der Waals surface area contributed by atoms with Gasteiger partial charge in [-0.15, -0.1) is 5.10 Å². The Balaban J connectivity index is 1.54. The summed E-state index contributed by atoms with van der Waals surface area (Å²) in [6, 6.07) is 11.6. The third-order valence-electron chi connectivity index (χ3n) is 4.74. The minimum absolute atomic E-state index is 0.0770. The van der Waals surface area contributed by atoms with Crippen LogP contribution < -0.4 is 5.32 Å². The molecule has 2 aromatic carbocycles. The van der Waals surface area contributed by atoms with Crippen molar-refractivity contribution < 1.29 is 22.3 Å². The van der Waals surface area contributed by atoms with Crippen molar-refractivity contribution in [2.75, 3.05) is 31.6 Å². The van der Waals surface area contributed by atoms with Gasteiger partial charge in [-0.2, -0.15) is 4.31 Å². The monoisotopic (exact) mass is 445 g/mol. The van der Waals surface area contributed by atoms with E-state index >= 15 is 0 Å². The Morgan fingerprint density at radius 2 is 1.84 bits per heavy atom. The Labute approximate surface area is 178 Å². The van der Waals surface area contributed by atoms with Crippen LogP contribution in [0.2, 0.25) is 0 Å². The molecule has 1 aliphatic rings. The summed E-state index contributed by atoms with van der Waals surface area (Å²) in [5.74, 6) is -0.625. The number of sulfonamides is 1. The fraction of sp³-hybridized carbons (Fsp3) is 0.250. The molecular weight excluding hydrogens is 425 g/mol. The van der Waals surface area contributed by atoms with Crippen molar-refractivity contribution in [1.82, 2.24) is 19.1 Å². The van der Waals surface area contributed by atoms with Gasteiger partial charge in [0.1, 0.15) is 11.6 Å². The number of hydrogen-bond acceptors (Lipinski definition) is 6. The highest BCUT2D eigenvalue weighted by Gasteiger charge is 2.26. The predicted octanol–water partition coefficient (Wildman–Crippen LogP) is 1.99. The summed E-state index contributed by atoms with van der Waals surface area (Å²) in [6.07, 6.45) is 0. The van der Waals surface area contributed by atoms with E-state index in [1.165, 1.54) is 45.4 Å². The van der Waals surface area contributed by atoms with Crippen LogP contribution in [0, 0.1) is 12.7 Å². The van der Waals surface area contributed by atoms with E-state index in [2.05, 4.69) is 15.4 Å². The second-order valence-electron chi connectivity index (χ2n) is 6.87. The number of hydrogen-bond donors (Lipinski definition) is 1. The van der Waals surface area contributed by atoms with E-state index in [1.54, 1.807) is 19.1 Å². The molecule has 31 heavy (non-hydrogen) atoms. The lowest BCUT2D eigenvalue weighted by atomic mass is 10.3. The van der Waals surface area contributed by atoms with Gasteiger partial charge in [-0.1, -0.05) is 6.07 Å². The van der Waals surface area contributed by atoms with Crippen LogP contribution in [0.4, 0.5) is 10.1 Å². The molecule has 0 aliphatic carbocycles. The minimum Gasteiger partial charge on any atom is -0.379 e. The topological polar surface area (TPSA) is 106 Å². The average molecular weight is 445 g/mol. The quantitative estimate of drug-likeness (QED) is 0.644. The van der Waals surface area contributed by atoms with Crippen molar-refractivity contribution in [2.45, 2.75) is 11.8 Å². The number of nitrogens with zero attached hydrogens (tertiary/aromatic N) is 4. The van der Waals surface area contributed by atoms with Gasteiger partial charge in [0.2, 0.25) is 15.8 Å². The second kappa shape index (κ2) is 8.53. The van der Waals surface area contributed by atoms with Crippen LogP contribution in [0.3, 0.4) is 0 Å². The molecule has 9 nitrogen and oxygen atoms in total. The summed E-state index contributed by atoms with van der Waals surface area (Å²) in [6.45, 7) is 2.92. The van der Waals surface area contributed by atoms with Gasteiger partial charge in [-0.3, -0.25) is 4.79 Å². The Bertz CT molecular complexity index is 1200. The summed E-state index contributed by atoms with van der Waals surface area (Å²) in [4.78, 5) is 16.9. The lowest BCUT2D eigenvalue weighted by Gasteiger charge is -2.26. The first-order chi connectivity index (χ1) is 14.8. The van der Waals surface area contributed by atoms with Crippen molar-refractivity contribution in [3.63, 3.8) is 0 Å². The Morgan fingerprint density at radius 1 is 1.13 bits per heavy atom. The molecule has 0 spiro atoms. The molecule has 3 aromatic rings. The standard InChI is InChI=1S/C20H20FN5O4S/c1-14-22-19(24-26(14)17-7-5-15(21)6-8-17)20(27)23-16-3-2-4-18(13-16)31(28,29)25-9-11-30-12-10-25/h2-8,13H,9-12H2,1H3,(H,23,27). The molecule has 0 saturated carbocycles. The third kappa shape index (κ3) is 4.48. The van der Waals surface area contributed by atoms with Gasteiger partial charge in [-0.25, -0.2) is 22.5 Å². The predicted molar refractivity (Wildman–Crippen MR) is 110 cm³/mol. The van der Waals surface area contributed by atoms with Crippen LogP contribution in [0.15, 0.2) is 53.4 Å².